The Morgan fingerprint density at radius 3 is 2.12 bits per heavy atom. The van der Waals surface area contributed by atoms with Crippen LogP contribution in [0.25, 0.3) is 11.8 Å². The van der Waals surface area contributed by atoms with Gasteiger partial charge in [0.15, 0.2) is 12.4 Å². The molecule has 0 spiro atoms. The Morgan fingerprint density at radius 1 is 0.917 bits per heavy atom. The smallest absolute Gasteiger partial charge is 0.401 e. The van der Waals surface area contributed by atoms with Crippen molar-refractivity contribution >= 4 is 23.5 Å². The monoisotopic (exact) mass is 328 g/mol. The first-order chi connectivity index (χ1) is 11.5. The molecule has 0 fully saturated rings. The van der Waals surface area contributed by atoms with E-state index in [2.05, 4.69) is 0 Å². The number of hydrogen-bond donors (Lipinski definition) is 0. The number of pyridine rings is 1. The number of hydrogen-bond acceptors (Lipinski definition) is 6. The predicted octanol–water partition coefficient (Wildman–Crippen LogP) is 3.02. The van der Waals surface area contributed by atoms with Gasteiger partial charge in [0.05, 0.1) is 18.2 Å². The summed E-state index contributed by atoms with van der Waals surface area (Å²) < 4.78 is 12.0. The van der Waals surface area contributed by atoms with E-state index in [1.54, 1.807) is 35.2 Å². The average Bonchev–Trinajstić information content (AvgIpc) is 3.23. The molecular formula is C15H10N3O6+. The molecular weight excluding hydrogens is 318 g/mol. The van der Waals surface area contributed by atoms with Gasteiger partial charge < -0.3 is 8.83 Å². The summed E-state index contributed by atoms with van der Waals surface area (Å²) in [5.74, 6) is -0.369. The second-order valence-corrected chi connectivity index (χ2v) is 4.64. The molecule has 0 saturated carbocycles. The average molecular weight is 328 g/mol. The highest BCUT2D eigenvalue weighted by atomic mass is 16.7. The lowest BCUT2D eigenvalue weighted by Gasteiger charge is -1.97. The summed E-state index contributed by atoms with van der Waals surface area (Å²) in [5.41, 5.74) is 0.424. The topological polar surface area (TPSA) is 116 Å². The maximum atomic E-state index is 10.8. The van der Waals surface area contributed by atoms with Gasteiger partial charge in [-0.1, -0.05) is 6.07 Å². The molecule has 0 aliphatic rings. The third-order valence-corrected chi connectivity index (χ3v) is 3.09. The summed E-state index contributed by atoms with van der Waals surface area (Å²) in [4.78, 5) is 20.2. The van der Waals surface area contributed by atoms with Crippen LogP contribution in [0.2, 0.25) is 0 Å². The summed E-state index contributed by atoms with van der Waals surface area (Å²) in [5, 5.41) is 21.5. The van der Waals surface area contributed by atoms with Crippen LogP contribution in [0.1, 0.15) is 11.5 Å². The van der Waals surface area contributed by atoms with Crippen molar-refractivity contribution in [3.63, 3.8) is 0 Å². The molecule has 0 saturated heterocycles. The van der Waals surface area contributed by atoms with Crippen molar-refractivity contribution in [1.82, 2.24) is 0 Å². The van der Waals surface area contributed by atoms with Gasteiger partial charge in [0.25, 0.3) is 5.70 Å². The van der Waals surface area contributed by atoms with Crippen LogP contribution in [0.4, 0.5) is 11.8 Å². The van der Waals surface area contributed by atoms with Crippen LogP contribution in [-0.4, -0.2) is 9.85 Å². The van der Waals surface area contributed by atoms with Crippen LogP contribution in [-0.2, 0) is 0 Å². The third kappa shape index (κ3) is 3.04. The Bertz CT molecular complexity index is 926. The first kappa shape index (κ1) is 15.2. The van der Waals surface area contributed by atoms with Crippen LogP contribution in [0.3, 0.4) is 0 Å². The number of aromatic nitrogens is 1. The first-order valence-electron chi connectivity index (χ1n) is 6.72. The van der Waals surface area contributed by atoms with Crippen LogP contribution in [0.5, 0.6) is 0 Å². The Hall–Kier alpha value is -3.75. The molecule has 0 aromatic carbocycles. The van der Waals surface area contributed by atoms with Crippen molar-refractivity contribution < 1.29 is 23.2 Å². The molecule has 0 amide bonds. The van der Waals surface area contributed by atoms with Gasteiger partial charge in [0.2, 0.25) is 5.76 Å². The van der Waals surface area contributed by atoms with Gasteiger partial charge in [-0.05, 0) is 12.1 Å². The lowest BCUT2D eigenvalue weighted by molar-refractivity contribution is -0.579. The fourth-order valence-corrected chi connectivity index (χ4v) is 2.05. The minimum atomic E-state index is -0.648. The molecule has 0 bridgehead atoms. The van der Waals surface area contributed by atoms with Crippen LogP contribution in [0, 0.1) is 20.2 Å². The Labute approximate surface area is 134 Å². The number of rotatable bonds is 5. The molecule has 0 aliphatic carbocycles. The zero-order valence-electron chi connectivity index (χ0n) is 12.1. The van der Waals surface area contributed by atoms with Gasteiger partial charge in [-0.15, -0.1) is 0 Å². The largest absolute Gasteiger partial charge is 0.433 e. The second-order valence-electron chi connectivity index (χ2n) is 4.64. The lowest BCUT2D eigenvalue weighted by Crippen LogP contribution is -2.31. The fraction of sp³-hybridized carbons (Fsp3) is 0. The maximum absolute atomic E-state index is 10.8. The highest BCUT2D eigenvalue weighted by Gasteiger charge is 2.22. The van der Waals surface area contributed by atoms with Crippen molar-refractivity contribution in [3.05, 3.63) is 86.6 Å². The normalized spacial score (nSPS) is 11.4. The molecule has 0 radical (unpaired) electrons. The zero-order valence-corrected chi connectivity index (χ0v) is 12.1. The van der Waals surface area contributed by atoms with E-state index in [0.717, 1.165) is 0 Å². The van der Waals surface area contributed by atoms with Gasteiger partial charge in [-0.2, -0.15) is 4.57 Å². The van der Waals surface area contributed by atoms with Crippen molar-refractivity contribution in [3.8, 4) is 0 Å². The van der Waals surface area contributed by atoms with Crippen LogP contribution >= 0.6 is 0 Å². The highest BCUT2D eigenvalue weighted by molar-refractivity contribution is 5.72. The summed E-state index contributed by atoms with van der Waals surface area (Å²) in [7, 11) is 0. The Balaban J connectivity index is 2.09. The molecule has 24 heavy (non-hydrogen) atoms. The molecule has 9 nitrogen and oxygen atoms in total. The minimum absolute atomic E-state index is 0.215. The van der Waals surface area contributed by atoms with E-state index in [0.29, 0.717) is 5.70 Å². The molecule has 120 valence electrons. The Morgan fingerprint density at radius 2 is 1.54 bits per heavy atom. The Kier molecular flexibility index (Phi) is 3.89. The van der Waals surface area contributed by atoms with Crippen molar-refractivity contribution in [2.75, 3.05) is 0 Å². The van der Waals surface area contributed by atoms with Gasteiger partial charge in [-0.3, -0.25) is 20.2 Å². The summed E-state index contributed by atoms with van der Waals surface area (Å²) in [6.45, 7) is 0. The highest BCUT2D eigenvalue weighted by Crippen LogP contribution is 2.24. The zero-order chi connectivity index (χ0) is 17.1. The van der Waals surface area contributed by atoms with E-state index in [4.69, 9.17) is 8.83 Å². The quantitative estimate of drug-likeness (QED) is 0.404. The second kappa shape index (κ2) is 6.16. The molecule has 3 aromatic heterocycles. The predicted molar refractivity (Wildman–Crippen MR) is 80.6 cm³/mol. The summed E-state index contributed by atoms with van der Waals surface area (Å²) >= 11 is 0. The van der Waals surface area contributed by atoms with E-state index in [1.807, 2.05) is 0 Å². The van der Waals surface area contributed by atoms with E-state index < -0.39 is 21.6 Å². The number of furan rings is 2. The van der Waals surface area contributed by atoms with Crippen LogP contribution in [0.15, 0.2) is 63.7 Å². The van der Waals surface area contributed by atoms with E-state index in [9.17, 15) is 20.2 Å². The first-order valence-corrected chi connectivity index (χ1v) is 6.72. The molecule has 0 N–H and O–H groups in total. The van der Waals surface area contributed by atoms with Gasteiger partial charge in [0.1, 0.15) is 15.6 Å². The van der Waals surface area contributed by atoms with Gasteiger partial charge in [0, 0.05) is 12.1 Å². The van der Waals surface area contributed by atoms with Gasteiger partial charge in [-0.25, -0.2) is 0 Å². The molecule has 9 heteroatoms. The van der Waals surface area contributed by atoms with Crippen molar-refractivity contribution in [2.45, 2.75) is 0 Å². The summed E-state index contributed by atoms with van der Waals surface area (Å²) in [6.07, 6.45) is 4.91. The number of nitrogens with zero attached hydrogens (tertiary/aromatic N) is 3. The molecule has 0 aliphatic heterocycles. The molecule has 0 atom stereocenters. The maximum Gasteiger partial charge on any atom is 0.433 e. The standard InChI is InChI=1S/C15H10N3O6/c19-17(20)14-6-4-11(23-14)10-12(16-8-2-1-3-9-16)13-5-7-15(24-13)18(21)22/h1-10H/q+1/b12-10-. The van der Waals surface area contributed by atoms with E-state index >= 15 is 0 Å². The number of nitro groups is 2. The molecule has 3 aromatic rings. The van der Waals surface area contributed by atoms with Crippen molar-refractivity contribution in [2.24, 2.45) is 0 Å². The van der Waals surface area contributed by atoms with Crippen molar-refractivity contribution in [1.29, 1.82) is 0 Å². The van der Waals surface area contributed by atoms with E-state index in [1.165, 1.54) is 30.3 Å². The molecule has 3 rings (SSSR count). The molecule has 3 heterocycles. The lowest BCUT2D eigenvalue weighted by atomic mass is 10.2. The fourth-order valence-electron chi connectivity index (χ4n) is 2.05. The molecule has 0 unspecified atom stereocenters. The van der Waals surface area contributed by atoms with E-state index in [-0.39, 0.29) is 11.5 Å². The minimum Gasteiger partial charge on any atom is -0.401 e. The SMILES string of the molecule is O=[N+]([O-])c1ccc(/C=C(/c2ccc([N+](=O)[O-])o2)[n+]2ccccc2)o1. The summed E-state index contributed by atoms with van der Waals surface area (Å²) in [6, 6.07) is 10.7. The van der Waals surface area contributed by atoms with Gasteiger partial charge >= 0.3 is 11.8 Å². The van der Waals surface area contributed by atoms with Crippen LogP contribution < -0.4 is 4.57 Å². The third-order valence-electron chi connectivity index (χ3n) is 3.09.